The molecule has 0 spiro atoms. The number of nitrogens with zero attached hydrogens (tertiary/aromatic N) is 1. The lowest BCUT2D eigenvalue weighted by atomic mass is 9.94. The second-order valence-electron chi connectivity index (χ2n) is 8.10. The maximum atomic E-state index is 13.2. The normalized spacial score (nSPS) is 11.2. The zero-order chi connectivity index (χ0) is 24.8. The summed E-state index contributed by atoms with van der Waals surface area (Å²) in [6.07, 6.45) is -1.85. The third kappa shape index (κ3) is 6.06. The molecule has 7 heteroatoms. The molecule has 0 aliphatic rings. The van der Waals surface area contributed by atoms with Gasteiger partial charge in [0.1, 0.15) is 0 Å². The first-order valence-corrected chi connectivity index (χ1v) is 11.1. The van der Waals surface area contributed by atoms with Crippen molar-refractivity contribution in [2.24, 2.45) is 0 Å². The molecule has 35 heavy (non-hydrogen) atoms. The molecule has 4 rings (SSSR count). The van der Waals surface area contributed by atoms with Gasteiger partial charge in [-0.15, -0.1) is 0 Å². The molecule has 4 nitrogen and oxygen atoms in total. The van der Waals surface area contributed by atoms with Crippen LogP contribution in [0, 0.1) is 6.92 Å². The first-order chi connectivity index (χ1) is 16.8. The summed E-state index contributed by atoms with van der Waals surface area (Å²) in [5.74, 6) is -0.325. The van der Waals surface area contributed by atoms with E-state index < -0.39 is 11.7 Å². The molecule has 1 aromatic heterocycles. The monoisotopic (exact) mass is 475 g/mol. The number of amides is 1. The number of carbonyl (C=O) groups is 1. The van der Waals surface area contributed by atoms with Crippen LogP contribution in [0.5, 0.6) is 0 Å². The summed E-state index contributed by atoms with van der Waals surface area (Å²) < 4.78 is 38.8. The van der Waals surface area contributed by atoms with Gasteiger partial charge in [-0.3, -0.25) is 9.78 Å². The fourth-order valence-electron chi connectivity index (χ4n) is 3.79. The number of pyridine rings is 1. The summed E-state index contributed by atoms with van der Waals surface area (Å²) >= 11 is 0. The lowest BCUT2D eigenvalue weighted by Gasteiger charge is -2.14. The van der Waals surface area contributed by atoms with E-state index in [0.29, 0.717) is 22.4 Å². The third-order valence-electron chi connectivity index (χ3n) is 5.60. The van der Waals surface area contributed by atoms with Crippen LogP contribution in [0.4, 0.5) is 24.5 Å². The van der Waals surface area contributed by atoms with Gasteiger partial charge in [-0.25, -0.2) is 0 Å². The molecule has 0 atom stereocenters. The highest BCUT2D eigenvalue weighted by Crippen LogP contribution is 2.33. The minimum atomic E-state index is -4.41. The summed E-state index contributed by atoms with van der Waals surface area (Å²) in [5.41, 5.74) is 4.08. The molecule has 0 radical (unpaired) electrons. The number of benzene rings is 3. The number of rotatable bonds is 7. The predicted molar refractivity (Wildman–Crippen MR) is 132 cm³/mol. The quantitative estimate of drug-likeness (QED) is 0.303. The lowest BCUT2D eigenvalue weighted by molar-refractivity contribution is -0.137. The largest absolute Gasteiger partial charge is 0.416 e. The molecule has 3 aromatic carbocycles. The van der Waals surface area contributed by atoms with Crippen LogP contribution >= 0.6 is 0 Å². The summed E-state index contributed by atoms with van der Waals surface area (Å²) in [7, 11) is 0. The number of aromatic nitrogens is 1. The third-order valence-corrected chi connectivity index (χ3v) is 5.60. The molecule has 1 amide bonds. The van der Waals surface area contributed by atoms with Gasteiger partial charge in [0.2, 0.25) is 0 Å². The second-order valence-corrected chi connectivity index (χ2v) is 8.10. The van der Waals surface area contributed by atoms with Crippen molar-refractivity contribution in [2.45, 2.75) is 19.5 Å². The zero-order valence-corrected chi connectivity index (χ0v) is 19.1. The van der Waals surface area contributed by atoms with E-state index in [9.17, 15) is 18.0 Å². The topological polar surface area (TPSA) is 54.0 Å². The molecule has 2 N–H and O–H groups in total. The van der Waals surface area contributed by atoms with Crippen LogP contribution < -0.4 is 10.6 Å². The van der Waals surface area contributed by atoms with Crippen molar-refractivity contribution in [3.63, 3.8) is 0 Å². The molecule has 178 valence electrons. The van der Waals surface area contributed by atoms with E-state index in [1.54, 1.807) is 43.5 Å². The number of anilines is 2. The van der Waals surface area contributed by atoms with Gasteiger partial charge in [-0.2, -0.15) is 13.2 Å². The van der Waals surface area contributed by atoms with Gasteiger partial charge in [-0.05, 0) is 72.1 Å². The van der Waals surface area contributed by atoms with Gasteiger partial charge in [0.15, 0.2) is 0 Å². The van der Waals surface area contributed by atoms with E-state index in [1.165, 1.54) is 12.1 Å². The van der Waals surface area contributed by atoms with E-state index in [2.05, 4.69) is 15.6 Å². The summed E-state index contributed by atoms with van der Waals surface area (Å²) in [6, 6.07) is 23.3. The minimum Gasteiger partial charge on any atom is -0.385 e. The molecule has 0 saturated carbocycles. The fraction of sp³-hybridized carbons (Fsp3) is 0.143. The highest BCUT2D eigenvalue weighted by molar-refractivity contribution is 6.09. The number of hydrogen-bond donors (Lipinski definition) is 2. The summed E-state index contributed by atoms with van der Waals surface area (Å²) in [6.45, 7) is 2.53. The minimum absolute atomic E-state index is 0.325. The Labute approximate surface area is 201 Å². The number of alkyl halides is 3. The highest BCUT2D eigenvalue weighted by atomic mass is 19.4. The Balaban J connectivity index is 1.45. The molecular weight excluding hydrogens is 451 g/mol. The van der Waals surface area contributed by atoms with Gasteiger partial charge in [0.25, 0.3) is 5.91 Å². The zero-order valence-electron chi connectivity index (χ0n) is 19.1. The smallest absolute Gasteiger partial charge is 0.385 e. The Hall–Kier alpha value is -4.13. The number of nitrogens with one attached hydrogen (secondary N) is 2. The van der Waals surface area contributed by atoms with Crippen LogP contribution in [-0.4, -0.2) is 17.4 Å². The average Bonchev–Trinajstić information content (AvgIpc) is 2.85. The van der Waals surface area contributed by atoms with Gasteiger partial charge in [0.05, 0.1) is 11.1 Å². The van der Waals surface area contributed by atoms with E-state index in [4.69, 9.17) is 0 Å². The highest BCUT2D eigenvalue weighted by Gasteiger charge is 2.30. The fourth-order valence-corrected chi connectivity index (χ4v) is 3.79. The summed E-state index contributed by atoms with van der Waals surface area (Å²) in [4.78, 5) is 17.5. The summed E-state index contributed by atoms with van der Waals surface area (Å²) in [5, 5.41) is 6.22. The first-order valence-electron chi connectivity index (χ1n) is 11.1. The Bertz CT molecular complexity index is 1290. The van der Waals surface area contributed by atoms with Crippen molar-refractivity contribution in [2.75, 3.05) is 17.2 Å². The van der Waals surface area contributed by atoms with Crippen LogP contribution in [0.3, 0.4) is 0 Å². The van der Waals surface area contributed by atoms with Gasteiger partial charge >= 0.3 is 6.18 Å². The standard InChI is InChI=1S/C28H24F3N3O/c1-19-5-4-7-25(20-8-10-21(11-9-20)28(29,30)31)26(19)27(35)34-24-14-12-23(13-15-24)33-18-16-22-6-2-3-17-32-22/h2-15,17,33H,16,18H2,1H3,(H,34,35). The second kappa shape index (κ2) is 10.4. The van der Waals surface area contributed by atoms with Crippen molar-refractivity contribution >= 4 is 17.3 Å². The molecule has 0 bridgehead atoms. The van der Waals surface area contributed by atoms with Crippen molar-refractivity contribution in [1.29, 1.82) is 0 Å². The Morgan fingerprint density at radius 3 is 2.23 bits per heavy atom. The molecule has 4 aromatic rings. The van der Waals surface area contributed by atoms with E-state index in [0.717, 1.165) is 42.0 Å². The molecule has 0 unspecified atom stereocenters. The molecule has 0 aliphatic heterocycles. The average molecular weight is 476 g/mol. The van der Waals surface area contributed by atoms with Gasteiger partial charge in [-0.1, -0.05) is 36.4 Å². The first kappa shape index (κ1) is 24.0. The SMILES string of the molecule is Cc1cccc(-c2ccc(C(F)(F)F)cc2)c1C(=O)Nc1ccc(NCCc2ccccn2)cc1. The predicted octanol–water partition coefficient (Wildman–Crippen LogP) is 6.98. The lowest BCUT2D eigenvalue weighted by Crippen LogP contribution is -2.15. The van der Waals surface area contributed by atoms with Crippen LogP contribution in [0.1, 0.15) is 27.2 Å². The number of halogens is 3. The van der Waals surface area contributed by atoms with E-state index >= 15 is 0 Å². The number of hydrogen-bond acceptors (Lipinski definition) is 3. The van der Waals surface area contributed by atoms with E-state index in [-0.39, 0.29) is 5.91 Å². The number of aryl methyl sites for hydroxylation is 1. The van der Waals surface area contributed by atoms with Gasteiger partial charge in [0, 0.05) is 36.2 Å². The van der Waals surface area contributed by atoms with Crippen molar-refractivity contribution in [3.05, 3.63) is 114 Å². The van der Waals surface area contributed by atoms with Crippen LogP contribution in [0.25, 0.3) is 11.1 Å². The Morgan fingerprint density at radius 2 is 1.57 bits per heavy atom. The van der Waals surface area contributed by atoms with Crippen molar-refractivity contribution in [1.82, 2.24) is 4.98 Å². The number of carbonyl (C=O) groups excluding carboxylic acids is 1. The van der Waals surface area contributed by atoms with Crippen LogP contribution in [0.2, 0.25) is 0 Å². The molecule has 1 heterocycles. The van der Waals surface area contributed by atoms with Crippen molar-refractivity contribution < 1.29 is 18.0 Å². The van der Waals surface area contributed by atoms with Gasteiger partial charge < -0.3 is 10.6 Å². The Kier molecular flexibility index (Phi) is 7.15. The Morgan fingerprint density at radius 1 is 0.857 bits per heavy atom. The van der Waals surface area contributed by atoms with E-state index in [1.807, 2.05) is 30.3 Å². The molecule has 0 saturated heterocycles. The van der Waals surface area contributed by atoms with Crippen LogP contribution in [0.15, 0.2) is 91.1 Å². The molecule has 0 aliphatic carbocycles. The van der Waals surface area contributed by atoms with Crippen molar-refractivity contribution in [3.8, 4) is 11.1 Å². The van der Waals surface area contributed by atoms with Crippen LogP contribution in [-0.2, 0) is 12.6 Å². The maximum absolute atomic E-state index is 13.2. The molecule has 0 fully saturated rings. The molecular formula is C28H24F3N3O. The maximum Gasteiger partial charge on any atom is 0.416 e.